The summed E-state index contributed by atoms with van der Waals surface area (Å²) < 4.78 is 41.3. The van der Waals surface area contributed by atoms with Crippen molar-refractivity contribution in [2.45, 2.75) is 50.5 Å². The standard InChI is InChI=1S/C21H21F3N4OS2/c1-2-28-19(14-11-30-17-10-6-3-7-13(14)17)26-27-20(28)31-12-18(29)25-16-9-5-4-8-15(16)21(22,23)24/h4-5,8-9,11H,2-3,6-7,10,12H2,1H3,(H,25,29). The van der Waals surface area contributed by atoms with E-state index in [1.165, 1.54) is 46.8 Å². The number of halogens is 3. The summed E-state index contributed by atoms with van der Waals surface area (Å²) in [5, 5.41) is 13.7. The Morgan fingerprint density at radius 1 is 1.23 bits per heavy atom. The number of thioether (sulfide) groups is 1. The number of amides is 1. The molecule has 0 atom stereocenters. The number of thiophene rings is 1. The molecule has 164 valence electrons. The first-order chi connectivity index (χ1) is 14.9. The summed E-state index contributed by atoms with van der Waals surface area (Å²) >= 11 is 2.92. The van der Waals surface area contributed by atoms with Gasteiger partial charge in [0.2, 0.25) is 5.91 Å². The molecule has 1 aliphatic rings. The average Bonchev–Trinajstić information content (AvgIpc) is 3.35. The second-order valence-electron chi connectivity index (χ2n) is 7.19. The Hall–Kier alpha value is -2.33. The maximum absolute atomic E-state index is 13.1. The van der Waals surface area contributed by atoms with E-state index in [1.807, 2.05) is 11.5 Å². The van der Waals surface area contributed by atoms with E-state index in [4.69, 9.17) is 0 Å². The van der Waals surface area contributed by atoms with E-state index in [1.54, 1.807) is 11.3 Å². The van der Waals surface area contributed by atoms with Crippen LogP contribution >= 0.6 is 23.1 Å². The number of fused-ring (bicyclic) bond motifs is 1. The Labute approximate surface area is 186 Å². The average molecular weight is 467 g/mol. The second kappa shape index (κ2) is 9.04. The number of benzene rings is 1. The number of aryl methyl sites for hydroxylation is 1. The van der Waals surface area contributed by atoms with Crippen LogP contribution in [0.5, 0.6) is 0 Å². The quantitative estimate of drug-likeness (QED) is 0.477. The molecule has 0 radical (unpaired) electrons. The number of alkyl halides is 3. The Kier molecular flexibility index (Phi) is 6.38. The van der Waals surface area contributed by atoms with Gasteiger partial charge >= 0.3 is 6.18 Å². The summed E-state index contributed by atoms with van der Waals surface area (Å²) in [4.78, 5) is 13.7. The Balaban J connectivity index is 1.48. The highest BCUT2D eigenvalue weighted by atomic mass is 32.2. The molecule has 0 saturated carbocycles. The smallest absolute Gasteiger partial charge is 0.325 e. The summed E-state index contributed by atoms with van der Waals surface area (Å²) in [5.41, 5.74) is 1.33. The van der Waals surface area contributed by atoms with Gasteiger partial charge < -0.3 is 9.88 Å². The molecular weight excluding hydrogens is 445 g/mol. The lowest BCUT2D eigenvalue weighted by Gasteiger charge is -2.14. The van der Waals surface area contributed by atoms with E-state index in [0.29, 0.717) is 11.7 Å². The predicted molar refractivity (Wildman–Crippen MR) is 116 cm³/mol. The number of aromatic nitrogens is 3. The lowest BCUT2D eigenvalue weighted by molar-refractivity contribution is -0.137. The molecule has 0 bridgehead atoms. The van der Waals surface area contributed by atoms with E-state index >= 15 is 0 Å². The van der Waals surface area contributed by atoms with Crippen LogP contribution < -0.4 is 5.32 Å². The van der Waals surface area contributed by atoms with Crippen molar-refractivity contribution >= 4 is 34.7 Å². The summed E-state index contributed by atoms with van der Waals surface area (Å²) in [6.07, 6.45) is -0.0249. The number of hydrogen-bond acceptors (Lipinski definition) is 5. The van der Waals surface area contributed by atoms with Crippen LogP contribution in [0.15, 0.2) is 34.8 Å². The van der Waals surface area contributed by atoms with Crippen LogP contribution in [0.1, 0.15) is 35.8 Å². The fourth-order valence-corrected chi connectivity index (χ4v) is 5.64. The molecule has 1 amide bonds. The normalized spacial score (nSPS) is 13.8. The summed E-state index contributed by atoms with van der Waals surface area (Å²) in [6.45, 7) is 2.61. The molecule has 10 heteroatoms. The van der Waals surface area contributed by atoms with Gasteiger partial charge in [0, 0.05) is 22.4 Å². The molecule has 2 heterocycles. The van der Waals surface area contributed by atoms with Crippen LogP contribution in [0.3, 0.4) is 0 Å². The third-order valence-electron chi connectivity index (χ3n) is 5.17. The number of hydrogen-bond donors (Lipinski definition) is 1. The summed E-state index contributed by atoms with van der Waals surface area (Å²) in [6, 6.07) is 4.95. The van der Waals surface area contributed by atoms with Crippen molar-refractivity contribution < 1.29 is 18.0 Å². The third kappa shape index (κ3) is 4.64. The van der Waals surface area contributed by atoms with Crippen LogP contribution in [-0.2, 0) is 30.4 Å². The first-order valence-corrected chi connectivity index (χ1v) is 11.9. The number of carbonyl (C=O) groups is 1. The topological polar surface area (TPSA) is 59.8 Å². The van der Waals surface area contributed by atoms with Crippen molar-refractivity contribution in [1.29, 1.82) is 0 Å². The number of para-hydroxylation sites is 1. The molecule has 0 unspecified atom stereocenters. The zero-order valence-electron chi connectivity index (χ0n) is 16.8. The van der Waals surface area contributed by atoms with Gasteiger partial charge in [0.1, 0.15) is 0 Å². The molecule has 4 rings (SSSR count). The Bertz CT molecular complexity index is 1090. The van der Waals surface area contributed by atoms with Gasteiger partial charge in [-0.1, -0.05) is 23.9 Å². The minimum Gasteiger partial charge on any atom is -0.325 e. The van der Waals surface area contributed by atoms with Gasteiger partial charge in [-0.05, 0) is 50.3 Å². The summed E-state index contributed by atoms with van der Waals surface area (Å²) in [7, 11) is 0. The molecule has 1 aromatic carbocycles. The first-order valence-electron chi connectivity index (χ1n) is 10.00. The lowest BCUT2D eigenvalue weighted by Crippen LogP contribution is -2.18. The molecule has 0 spiro atoms. The van der Waals surface area contributed by atoms with Crippen molar-refractivity contribution in [3.05, 3.63) is 45.6 Å². The molecule has 0 aliphatic heterocycles. The van der Waals surface area contributed by atoms with Crippen LogP contribution in [0.25, 0.3) is 11.4 Å². The molecule has 2 aromatic heterocycles. The highest BCUT2D eigenvalue weighted by Gasteiger charge is 2.33. The van der Waals surface area contributed by atoms with Gasteiger partial charge in [-0.2, -0.15) is 13.2 Å². The highest BCUT2D eigenvalue weighted by Crippen LogP contribution is 2.37. The van der Waals surface area contributed by atoms with Crippen molar-refractivity contribution in [1.82, 2.24) is 14.8 Å². The van der Waals surface area contributed by atoms with Gasteiger partial charge in [-0.3, -0.25) is 4.79 Å². The zero-order valence-corrected chi connectivity index (χ0v) is 18.5. The Morgan fingerprint density at radius 2 is 2.00 bits per heavy atom. The SMILES string of the molecule is CCn1c(SCC(=O)Nc2ccccc2C(F)(F)F)nnc1-c1csc2c1CCCC2. The minimum atomic E-state index is -4.53. The molecule has 5 nitrogen and oxygen atoms in total. The second-order valence-corrected chi connectivity index (χ2v) is 9.10. The molecule has 0 saturated heterocycles. The molecule has 3 aromatic rings. The van der Waals surface area contributed by atoms with Gasteiger partial charge in [0.05, 0.1) is 17.0 Å². The maximum Gasteiger partial charge on any atom is 0.418 e. The number of nitrogens with zero attached hydrogens (tertiary/aromatic N) is 3. The van der Waals surface area contributed by atoms with Crippen LogP contribution in [-0.4, -0.2) is 26.4 Å². The van der Waals surface area contributed by atoms with Crippen molar-refractivity contribution in [2.75, 3.05) is 11.1 Å². The van der Waals surface area contributed by atoms with Crippen LogP contribution in [0.4, 0.5) is 18.9 Å². The van der Waals surface area contributed by atoms with E-state index in [9.17, 15) is 18.0 Å². The number of rotatable bonds is 6. The molecule has 1 aliphatic carbocycles. The van der Waals surface area contributed by atoms with Crippen LogP contribution in [0, 0.1) is 0 Å². The number of anilines is 1. The van der Waals surface area contributed by atoms with E-state index in [-0.39, 0.29) is 11.4 Å². The summed E-state index contributed by atoms with van der Waals surface area (Å²) in [5.74, 6) is 0.195. The van der Waals surface area contributed by atoms with Crippen molar-refractivity contribution in [2.24, 2.45) is 0 Å². The van der Waals surface area contributed by atoms with Gasteiger partial charge in [-0.25, -0.2) is 0 Å². The van der Waals surface area contributed by atoms with Gasteiger partial charge in [0.15, 0.2) is 11.0 Å². The van der Waals surface area contributed by atoms with E-state index in [2.05, 4.69) is 20.9 Å². The molecular formula is C21H21F3N4OS2. The largest absolute Gasteiger partial charge is 0.418 e. The maximum atomic E-state index is 13.1. The van der Waals surface area contributed by atoms with E-state index < -0.39 is 17.6 Å². The fourth-order valence-electron chi connectivity index (χ4n) is 3.72. The highest BCUT2D eigenvalue weighted by molar-refractivity contribution is 7.99. The lowest BCUT2D eigenvalue weighted by atomic mass is 9.96. The fraction of sp³-hybridized carbons (Fsp3) is 0.381. The first kappa shape index (κ1) is 21.9. The van der Waals surface area contributed by atoms with Crippen LogP contribution in [0.2, 0.25) is 0 Å². The third-order valence-corrected chi connectivity index (χ3v) is 7.23. The molecule has 0 fully saturated rings. The van der Waals surface area contributed by atoms with Crippen molar-refractivity contribution in [3.63, 3.8) is 0 Å². The molecule has 1 N–H and O–H groups in total. The zero-order chi connectivity index (χ0) is 22.0. The Morgan fingerprint density at radius 3 is 2.77 bits per heavy atom. The minimum absolute atomic E-state index is 0.0634. The van der Waals surface area contributed by atoms with Crippen molar-refractivity contribution in [3.8, 4) is 11.4 Å². The monoisotopic (exact) mass is 466 g/mol. The number of nitrogens with one attached hydrogen (secondary N) is 1. The van der Waals surface area contributed by atoms with Gasteiger partial charge in [0.25, 0.3) is 0 Å². The predicted octanol–water partition coefficient (Wildman–Crippen LogP) is 5.65. The van der Waals surface area contributed by atoms with Gasteiger partial charge in [-0.15, -0.1) is 21.5 Å². The number of carbonyl (C=O) groups excluding carboxylic acids is 1. The van der Waals surface area contributed by atoms with E-state index in [0.717, 1.165) is 36.7 Å². The molecule has 31 heavy (non-hydrogen) atoms.